The highest BCUT2D eigenvalue weighted by atomic mass is 32.2. The molecule has 0 bridgehead atoms. The predicted octanol–water partition coefficient (Wildman–Crippen LogP) is 9.48. The number of aliphatic hydroxyl groups is 1. The van der Waals surface area contributed by atoms with Crippen LogP contribution in [0, 0.1) is 40.4 Å². The molecule has 0 aliphatic heterocycles. The molecule has 4 aliphatic rings. The number of fused-ring (bicyclic) bond motifs is 5. The summed E-state index contributed by atoms with van der Waals surface area (Å²) in [4.78, 5) is 12.5. The Morgan fingerprint density at radius 2 is 1.36 bits per heavy atom. The highest BCUT2D eigenvalue weighted by Gasteiger charge is 2.62. The SMILES string of the molecule is C[C@]12CCC(=O)C[C@@H]1C[C@@H](CCCCCCCCCCCS(=O)(=O)CCCC(F)(F)C(F)(F)F)[C@@H]1[C@@H]2CC[C@]2(C)[C@@H](O)CC[C@@H]12. The fourth-order valence-corrected chi connectivity index (χ4v) is 11.6. The number of rotatable bonds is 16. The smallest absolute Gasteiger partial charge is 0.393 e. The van der Waals surface area contributed by atoms with E-state index in [2.05, 4.69) is 13.8 Å². The summed E-state index contributed by atoms with van der Waals surface area (Å²) >= 11 is 0. The van der Waals surface area contributed by atoms with Gasteiger partial charge in [0, 0.05) is 19.3 Å². The largest absolute Gasteiger partial charge is 0.453 e. The maximum atomic E-state index is 13.0. The number of halogens is 5. The van der Waals surface area contributed by atoms with Gasteiger partial charge >= 0.3 is 12.1 Å². The van der Waals surface area contributed by atoms with Gasteiger partial charge in [-0.3, -0.25) is 4.79 Å². The molecule has 4 saturated carbocycles. The van der Waals surface area contributed by atoms with Gasteiger partial charge in [-0.25, -0.2) is 8.42 Å². The molecule has 4 nitrogen and oxygen atoms in total. The third kappa shape index (κ3) is 8.64. The maximum Gasteiger partial charge on any atom is 0.453 e. The second kappa shape index (κ2) is 14.8. The van der Waals surface area contributed by atoms with Gasteiger partial charge in [-0.05, 0) is 91.8 Å². The van der Waals surface area contributed by atoms with Gasteiger partial charge in [0.05, 0.1) is 17.6 Å². The van der Waals surface area contributed by atoms with Crippen LogP contribution in [0.4, 0.5) is 22.0 Å². The number of unbranched alkanes of at least 4 members (excludes halogenated alkanes) is 8. The van der Waals surface area contributed by atoms with Crippen molar-refractivity contribution in [1.82, 2.24) is 0 Å². The van der Waals surface area contributed by atoms with Gasteiger partial charge in [0.1, 0.15) is 15.6 Å². The van der Waals surface area contributed by atoms with Gasteiger partial charge in [-0.1, -0.05) is 71.6 Å². The number of carbonyl (C=O) groups is 1. The fraction of sp³-hybridized carbons (Fsp3) is 0.971. The highest BCUT2D eigenvalue weighted by molar-refractivity contribution is 7.91. The van der Waals surface area contributed by atoms with E-state index in [0.717, 1.165) is 70.6 Å². The van der Waals surface area contributed by atoms with Crippen molar-refractivity contribution in [3.63, 3.8) is 0 Å². The second-order valence-corrected chi connectivity index (χ2v) is 18.1. The minimum Gasteiger partial charge on any atom is -0.393 e. The number of Topliss-reactive ketones (excluding diaryl/α,β-unsaturated/α-hetero) is 1. The Labute approximate surface area is 268 Å². The van der Waals surface area contributed by atoms with E-state index in [4.69, 9.17) is 0 Å². The molecule has 262 valence electrons. The van der Waals surface area contributed by atoms with Crippen LogP contribution in [0.25, 0.3) is 0 Å². The van der Waals surface area contributed by atoms with Crippen molar-refractivity contribution in [1.29, 1.82) is 0 Å². The van der Waals surface area contributed by atoms with E-state index in [1.165, 1.54) is 32.1 Å². The maximum absolute atomic E-state index is 13.0. The Balaban J connectivity index is 1.12. The van der Waals surface area contributed by atoms with E-state index in [-0.39, 0.29) is 22.7 Å². The van der Waals surface area contributed by atoms with E-state index in [0.29, 0.717) is 48.2 Å². The fourth-order valence-electron chi connectivity index (χ4n) is 10.2. The molecule has 0 aromatic carbocycles. The Morgan fingerprint density at radius 1 is 0.778 bits per heavy atom. The van der Waals surface area contributed by atoms with Crippen molar-refractivity contribution in [2.45, 2.75) is 160 Å². The molecule has 1 N–H and O–H groups in total. The lowest BCUT2D eigenvalue weighted by Gasteiger charge is -2.62. The molecule has 0 radical (unpaired) electrons. The van der Waals surface area contributed by atoms with Gasteiger partial charge in [-0.15, -0.1) is 0 Å². The molecule has 8 atom stereocenters. The zero-order chi connectivity index (χ0) is 33.1. The monoisotopic (exact) mass is 668 g/mol. The summed E-state index contributed by atoms with van der Waals surface area (Å²) in [5.41, 5.74) is 0.314. The number of alkyl halides is 5. The van der Waals surface area contributed by atoms with E-state index in [1.807, 2.05) is 0 Å². The third-order valence-electron chi connectivity index (χ3n) is 13.0. The van der Waals surface area contributed by atoms with Crippen LogP contribution in [0.15, 0.2) is 0 Å². The molecule has 0 aromatic rings. The molecule has 0 unspecified atom stereocenters. The van der Waals surface area contributed by atoms with Crippen LogP contribution in [0.1, 0.15) is 142 Å². The minimum atomic E-state index is -5.64. The number of hydrogen-bond acceptors (Lipinski definition) is 4. The topological polar surface area (TPSA) is 71.4 Å². The first kappa shape index (κ1) is 37.1. The minimum absolute atomic E-state index is 0.0473. The van der Waals surface area contributed by atoms with E-state index >= 15 is 0 Å². The summed E-state index contributed by atoms with van der Waals surface area (Å²) < 4.78 is 86.7. The van der Waals surface area contributed by atoms with E-state index in [1.54, 1.807) is 0 Å². The van der Waals surface area contributed by atoms with Crippen LogP contribution in [0.2, 0.25) is 0 Å². The lowest BCUT2D eigenvalue weighted by molar-refractivity contribution is -0.284. The van der Waals surface area contributed by atoms with E-state index in [9.17, 15) is 40.3 Å². The molecule has 4 aliphatic carbocycles. The molecule has 0 heterocycles. The summed E-state index contributed by atoms with van der Waals surface area (Å²) in [6.45, 7) is 4.82. The van der Waals surface area contributed by atoms with Crippen LogP contribution in [-0.4, -0.2) is 49.0 Å². The summed E-state index contributed by atoms with van der Waals surface area (Å²) in [5, 5.41) is 10.9. The zero-order valence-corrected chi connectivity index (χ0v) is 28.3. The molecule has 4 rings (SSSR count). The number of aliphatic hydroxyl groups excluding tert-OH is 1. The quantitative estimate of drug-likeness (QED) is 0.131. The standard InChI is InChI=1S/C35H57F5O4S/c1-32-19-16-27(41)24-26(32)23-25(31-28-14-15-30(42)33(28,2)20-17-29(31)32)13-10-8-6-4-3-5-7-9-11-21-45(43,44)22-12-18-34(36,37)35(38,39)40/h25-26,28-31,42H,3-24H2,1-2H3/t25-,26+,28+,29+,30+,31+,32+,33+/m1/s1. The first-order valence-corrected chi connectivity index (χ1v) is 19.7. The number of carbonyl (C=O) groups excluding carboxylic acids is 1. The van der Waals surface area contributed by atoms with Crippen molar-refractivity contribution in [3.05, 3.63) is 0 Å². The Bertz CT molecular complexity index is 1090. The predicted molar refractivity (Wildman–Crippen MR) is 167 cm³/mol. The molecular formula is C35H57F5O4S. The summed E-state index contributed by atoms with van der Waals surface area (Å²) in [6.07, 6.45) is 10.0. The molecule has 4 fully saturated rings. The highest BCUT2D eigenvalue weighted by Crippen LogP contribution is 2.67. The van der Waals surface area contributed by atoms with Crippen molar-refractivity contribution in [3.8, 4) is 0 Å². The number of sulfone groups is 1. The van der Waals surface area contributed by atoms with Crippen molar-refractivity contribution < 1.29 is 40.3 Å². The van der Waals surface area contributed by atoms with E-state index < -0.39 is 40.5 Å². The van der Waals surface area contributed by atoms with Crippen molar-refractivity contribution in [2.24, 2.45) is 40.4 Å². The molecule has 0 spiro atoms. The Kier molecular flexibility index (Phi) is 12.2. The molecule has 0 aromatic heterocycles. The van der Waals surface area contributed by atoms with Gasteiger partial charge in [-0.2, -0.15) is 22.0 Å². The summed E-state index contributed by atoms with van der Waals surface area (Å²) in [7, 11) is -3.63. The molecule has 0 saturated heterocycles. The Morgan fingerprint density at radius 3 is 2.00 bits per heavy atom. The van der Waals surface area contributed by atoms with Crippen LogP contribution in [-0.2, 0) is 14.6 Å². The third-order valence-corrected chi connectivity index (χ3v) is 14.8. The summed E-state index contributed by atoms with van der Waals surface area (Å²) in [5.74, 6) is -2.12. The molecular weight excluding hydrogens is 611 g/mol. The first-order valence-electron chi connectivity index (χ1n) is 17.8. The number of ketones is 1. The number of hydrogen-bond donors (Lipinski definition) is 1. The van der Waals surface area contributed by atoms with Crippen LogP contribution >= 0.6 is 0 Å². The summed E-state index contributed by atoms with van der Waals surface area (Å²) in [6, 6.07) is 0. The van der Waals surface area contributed by atoms with Gasteiger partial charge in [0.15, 0.2) is 0 Å². The van der Waals surface area contributed by atoms with Gasteiger partial charge in [0.2, 0.25) is 0 Å². The average Bonchev–Trinajstić information content (AvgIpc) is 3.25. The molecule has 10 heteroatoms. The van der Waals surface area contributed by atoms with Crippen LogP contribution < -0.4 is 0 Å². The molecule has 45 heavy (non-hydrogen) atoms. The Hall–Kier alpha value is -0.770. The van der Waals surface area contributed by atoms with Crippen molar-refractivity contribution in [2.75, 3.05) is 11.5 Å². The second-order valence-electron chi connectivity index (χ2n) is 15.8. The lowest BCUT2D eigenvalue weighted by atomic mass is 9.42. The lowest BCUT2D eigenvalue weighted by Crippen LogP contribution is -2.57. The van der Waals surface area contributed by atoms with Crippen LogP contribution in [0.5, 0.6) is 0 Å². The van der Waals surface area contributed by atoms with Gasteiger partial charge < -0.3 is 5.11 Å². The average molecular weight is 669 g/mol. The zero-order valence-electron chi connectivity index (χ0n) is 27.5. The normalized spacial score (nSPS) is 35.6. The molecule has 0 amide bonds. The van der Waals surface area contributed by atoms with Crippen molar-refractivity contribution >= 4 is 15.6 Å². The first-order chi connectivity index (χ1) is 21.0. The van der Waals surface area contributed by atoms with Gasteiger partial charge in [0.25, 0.3) is 0 Å². The van der Waals surface area contributed by atoms with Crippen LogP contribution in [0.3, 0.4) is 0 Å².